The van der Waals surface area contributed by atoms with E-state index in [1.54, 1.807) is 6.07 Å². The molecule has 3 heterocycles. The van der Waals surface area contributed by atoms with E-state index < -0.39 is 0 Å². The van der Waals surface area contributed by atoms with Crippen molar-refractivity contribution in [3.8, 4) is 0 Å². The van der Waals surface area contributed by atoms with Crippen molar-refractivity contribution in [3.05, 3.63) is 99.4 Å². The SMILES string of the molecule is O=c1oc2ccccc2c2c1C(c1ccc(Cl)cc1)n1c(nc3ccccc31)N2. The Morgan fingerprint density at radius 1 is 0.966 bits per heavy atom. The molecule has 29 heavy (non-hydrogen) atoms. The lowest BCUT2D eigenvalue weighted by Crippen LogP contribution is -2.27. The van der Waals surface area contributed by atoms with Gasteiger partial charge in [0.15, 0.2) is 0 Å². The molecule has 5 nitrogen and oxygen atoms in total. The molecule has 1 N–H and O–H groups in total. The van der Waals surface area contributed by atoms with E-state index in [0.717, 1.165) is 27.7 Å². The van der Waals surface area contributed by atoms with Crippen LogP contribution in [0, 0.1) is 0 Å². The van der Waals surface area contributed by atoms with Crippen LogP contribution in [-0.4, -0.2) is 9.55 Å². The van der Waals surface area contributed by atoms with Gasteiger partial charge in [0.05, 0.1) is 28.3 Å². The second kappa shape index (κ2) is 5.96. The maximum Gasteiger partial charge on any atom is 0.344 e. The Kier molecular flexibility index (Phi) is 3.37. The third-order valence-corrected chi connectivity index (χ3v) is 5.65. The lowest BCUT2D eigenvalue weighted by Gasteiger charge is -2.29. The van der Waals surface area contributed by atoms with Crippen molar-refractivity contribution >= 4 is 45.2 Å². The molecule has 0 aliphatic carbocycles. The first-order chi connectivity index (χ1) is 14.2. The largest absolute Gasteiger partial charge is 0.422 e. The summed E-state index contributed by atoms with van der Waals surface area (Å²) in [5.41, 5.74) is 4.20. The third-order valence-electron chi connectivity index (χ3n) is 5.40. The van der Waals surface area contributed by atoms with Crippen LogP contribution >= 0.6 is 11.6 Å². The van der Waals surface area contributed by atoms with E-state index in [9.17, 15) is 4.79 Å². The summed E-state index contributed by atoms with van der Waals surface area (Å²) in [5, 5.41) is 4.88. The summed E-state index contributed by atoms with van der Waals surface area (Å²) in [4.78, 5) is 17.9. The third kappa shape index (κ3) is 2.34. The number of fused-ring (bicyclic) bond motifs is 6. The second-order valence-electron chi connectivity index (χ2n) is 7.05. The van der Waals surface area contributed by atoms with Crippen LogP contribution in [0.4, 0.5) is 11.6 Å². The monoisotopic (exact) mass is 399 g/mol. The van der Waals surface area contributed by atoms with Gasteiger partial charge in [-0.05, 0) is 42.0 Å². The van der Waals surface area contributed by atoms with Crippen molar-refractivity contribution < 1.29 is 4.42 Å². The van der Waals surface area contributed by atoms with E-state index in [0.29, 0.717) is 22.1 Å². The molecule has 0 radical (unpaired) electrons. The zero-order chi connectivity index (χ0) is 19.5. The summed E-state index contributed by atoms with van der Waals surface area (Å²) < 4.78 is 7.73. The fraction of sp³-hybridized carbons (Fsp3) is 0.0435. The Morgan fingerprint density at radius 2 is 1.72 bits per heavy atom. The van der Waals surface area contributed by atoms with Gasteiger partial charge >= 0.3 is 5.63 Å². The zero-order valence-electron chi connectivity index (χ0n) is 15.1. The molecule has 6 rings (SSSR count). The van der Waals surface area contributed by atoms with Crippen molar-refractivity contribution in [1.29, 1.82) is 0 Å². The van der Waals surface area contributed by atoms with Gasteiger partial charge in [0, 0.05) is 10.4 Å². The molecule has 5 aromatic rings. The van der Waals surface area contributed by atoms with E-state index in [-0.39, 0.29) is 11.7 Å². The summed E-state index contributed by atoms with van der Waals surface area (Å²) in [6.45, 7) is 0. The van der Waals surface area contributed by atoms with Gasteiger partial charge in [0.1, 0.15) is 5.58 Å². The summed E-state index contributed by atoms with van der Waals surface area (Å²) in [6.07, 6.45) is 0. The van der Waals surface area contributed by atoms with E-state index in [1.807, 2.05) is 71.3 Å². The molecule has 0 amide bonds. The van der Waals surface area contributed by atoms with E-state index in [2.05, 4.69) is 5.32 Å². The average Bonchev–Trinajstić information content (AvgIpc) is 3.11. The number of imidazole rings is 1. The van der Waals surface area contributed by atoms with E-state index in [4.69, 9.17) is 21.0 Å². The van der Waals surface area contributed by atoms with Crippen LogP contribution in [0.3, 0.4) is 0 Å². The number of aromatic nitrogens is 2. The molecular weight excluding hydrogens is 386 g/mol. The minimum atomic E-state index is -0.383. The molecule has 0 saturated heterocycles. The fourth-order valence-corrected chi connectivity index (χ4v) is 4.27. The number of anilines is 2. The number of hydrogen-bond acceptors (Lipinski definition) is 4. The number of benzene rings is 3. The number of rotatable bonds is 1. The van der Waals surface area contributed by atoms with Crippen LogP contribution in [0.1, 0.15) is 17.2 Å². The van der Waals surface area contributed by atoms with Crippen LogP contribution in [-0.2, 0) is 0 Å². The first kappa shape index (κ1) is 16.4. The summed E-state index contributed by atoms with van der Waals surface area (Å²) >= 11 is 6.12. The lowest BCUT2D eigenvalue weighted by molar-refractivity contribution is 0.534. The topological polar surface area (TPSA) is 60.1 Å². The molecule has 1 unspecified atom stereocenters. The second-order valence-corrected chi connectivity index (χ2v) is 7.48. The Labute approximate surface area is 170 Å². The van der Waals surface area contributed by atoms with Crippen molar-refractivity contribution in [1.82, 2.24) is 9.55 Å². The number of para-hydroxylation sites is 3. The lowest BCUT2D eigenvalue weighted by atomic mass is 9.95. The summed E-state index contributed by atoms with van der Waals surface area (Å²) in [6, 6.07) is 22.6. The molecule has 0 saturated carbocycles. The quantitative estimate of drug-likeness (QED) is 0.371. The van der Waals surface area contributed by atoms with Crippen LogP contribution in [0.5, 0.6) is 0 Å². The highest BCUT2D eigenvalue weighted by atomic mass is 35.5. The Bertz CT molecular complexity index is 1470. The van der Waals surface area contributed by atoms with Gasteiger partial charge in [-0.3, -0.25) is 4.57 Å². The molecular formula is C23H14ClN3O2. The highest BCUT2D eigenvalue weighted by molar-refractivity contribution is 6.30. The first-order valence-corrected chi connectivity index (χ1v) is 9.64. The molecule has 0 bridgehead atoms. The number of hydrogen-bond donors (Lipinski definition) is 1. The van der Waals surface area contributed by atoms with Gasteiger partial charge in [0.2, 0.25) is 5.95 Å². The normalized spacial score (nSPS) is 15.1. The van der Waals surface area contributed by atoms with Crippen LogP contribution in [0.25, 0.3) is 22.0 Å². The van der Waals surface area contributed by atoms with E-state index in [1.165, 1.54) is 0 Å². The van der Waals surface area contributed by atoms with Gasteiger partial charge in [-0.2, -0.15) is 0 Å². The smallest absolute Gasteiger partial charge is 0.344 e. The molecule has 1 aliphatic rings. The molecule has 6 heteroatoms. The van der Waals surface area contributed by atoms with Crippen LogP contribution in [0.15, 0.2) is 82.0 Å². The first-order valence-electron chi connectivity index (χ1n) is 9.26. The maximum atomic E-state index is 13.1. The number of nitrogens with zero attached hydrogens (tertiary/aromatic N) is 2. The minimum Gasteiger partial charge on any atom is -0.422 e. The predicted octanol–water partition coefficient (Wildman–Crippen LogP) is 5.49. The number of halogens is 1. The molecule has 1 atom stereocenters. The molecule has 2 aromatic heterocycles. The highest BCUT2D eigenvalue weighted by Gasteiger charge is 2.33. The van der Waals surface area contributed by atoms with Gasteiger partial charge in [0.25, 0.3) is 0 Å². The zero-order valence-corrected chi connectivity index (χ0v) is 15.9. The summed E-state index contributed by atoms with van der Waals surface area (Å²) in [7, 11) is 0. The average molecular weight is 400 g/mol. The van der Waals surface area contributed by atoms with Crippen molar-refractivity contribution in [2.45, 2.75) is 6.04 Å². The van der Waals surface area contributed by atoms with Crippen molar-refractivity contribution in [3.63, 3.8) is 0 Å². The highest BCUT2D eigenvalue weighted by Crippen LogP contribution is 2.43. The van der Waals surface area contributed by atoms with Crippen molar-refractivity contribution in [2.75, 3.05) is 5.32 Å². The standard InChI is InChI=1S/C23H14ClN3O2/c24-14-11-9-13(10-12-14)21-19-20(15-5-1-4-8-18(15)29-22(19)28)26-23-25-16-6-2-3-7-17(16)27(21)23/h1-12,21H,(H,25,26). The van der Waals surface area contributed by atoms with Gasteiger partial charge in [-0.25, -0.2) is 9.78 Å². The van der Waals surface area contributed by atoms with Gasteiger partial charge in [-0.1, -0.05) is 48.0 Å². The Hall–Kier alpha value is -3.57. The van der Waals surface area contributed by atoms with Gasteiger partial charge < -0.3 is 9.73 Å². The van der Waals surface area contributed by atoms with Crippen LogP contribution < -0.4 is 10.9 Å². The predicted molar refractivity (Wildman–Crippen MR) is 114 cm³/mol. The van der Waals surface area contributed by atoms with Gasteiger partial charge in [-0.15, -0.1) is 0 Å². The fourth-order valence-electron chi connectivity index (χ4n) is 4.14. The van der Waals surface area contributed by atoms with Crippen molar-refractivity contribution in [2.24, 2.45) is 0 Å². The molecule has 140 valence electrons. The Balaban J connectivity index is 1.75. The summed E-state index contributed by atoms with van der Waals surface area (Å²) in [5.74, 6) is 0.689. The molecule has 3 aromatic carbocycles. The molecule has 0 spiro atoms. The minimum absolute atomic E-state index is 0.366. The molecule has 1 aliphatic heterocycles. The number of nitrogens with one attached hydrogen (secondary N) is 1. The molecule has 0 fully saturated rings. The van der Waals surface area contributed by atoms with E-state index >= 15 is 0 Å². The Morgan fingerprint density at radius 3 is 2.59 bits per heavy atom. The maximum absolute atomic E-state index is 13.1. The van der Waals surface area contributed by atoms with Crippen LogP contribution in [0.2, 0.25) is 5.02 Å².